The second-order valence-corrected chi connectivity index (χ2v) is 8.72. The molecular formula is C23H24N2O6S. The molecule has 3 N–H and O–H groups in total. The van der Waals surface area contributed by atoms with Gasteiger partial charge in [-0.15, -0.1) is 4.83 Å². The summed E-state index contributed by atoms with van der Waals surface area (Å²) in [5.74, 6) is 0.0844. The summed E-state index contributed by atoms with van der Waals surface area (Å²) in [5, 5.41) is 11.5. The Kier molecular flexibility index (Phi) is 6.83. The van der Waals surface area contributed by atoms with E-state index in [0.717, 1.165) is 5.56 Å². The van der Waals surface area contributed by atoms with Gasteiger partial charge in [-0.05, 0) is 54.4 Å². The number of hydrogen-bond donors (Lipinski definition) is 3. The minimum atomic E-state index is -4.05. The van der Waals surface area contributed by atoms with E-state index in [4.69, 9.17) is 9.47 Å². The molecule has 0 atom stereocenters. The lowest BCUT2D eigenvalue weighted by Crippen LogP contribution is -2.52. The van der Waals surface area contributed by atoms with Crippen molar-refractivity contribution in [1.82, 2.24) is 10.3 Å². The Morgan fingerprint density at radius 1 is 0.812 bits per heavy atom. The number of nitrogens with one attached hydrogen (secondary N) is 2. The molecule has 0 bridgehead atoms. The van der Waals surface area contributed by atoms with Crippen molar-refractivity contribution in [3.63, 3.8) is 0 Å². The first kappa shape index (κ1) is 23.3. The number of amides is 1. The molecule has 3 rings (SSSR count). The zero-order valence-corrected chi connectivity index (χ0v) is 18.6. The average Bonchev–Trinajstić information content (AvgIpc) is 2.82. The van der Waals surface area contributed by atoms with Crippen LogP contribution in [0.5, 0.6) is 11.5 Å². The number of carbonyl (C=O) groups is 1. The lowest BCUT2D eigenvalue weighted by Gasteiger charge is -2.28. The van der Waals surface area contributed by atoms with Crippen LogP contribution < -0.4 is 19.7 Å². The van der Waals surface area contributed by atoms with Crippen molar-refractivity contribution in [1.29, 1.82) is 0 Å². The van der Waals surface area contributed by atoms with E-state index in [-0.39, 0.29) is 16.0 Å². The Morgan fingerprint density at radius 2 is 1.25 bits per heavy atom. The summed E-state index contributed by atoms with van der Waals surface area (Å²) in [4.78, 5) is 15.2. The van der Waals surface area contributed by atoms with Crippen LogP contribution in [0.1, 0.15) is 16.7 Å². The maximum atomic E-state index is 13.2. The highest BCUT2D eigenvalue weighted by Gasteiger charge is 2.40. The monoisotopic (exact) mass is 456 g/mol. The molecule has 0 saturated heterocycles. The average molecular weight is 457 g/mol. The summed E-state index contributed by atoms with van der Waals surface area (Å²) < 4.78 is 35.4. The van der Waals surface area contributed by atoms with Gasteiger partial charge in [0.15, 0.2) is 5.60 Å². The van der Waals surface area contributed by atoms with Crippen molar-refractivity contribution in [3.05, 3.63) is 89.5 Å². The Bertz CT molecular complexity index is 1130. The van der Waals surface area contributed by atoms with Crippen LogP contribution >= 0.6 is 0 Å². The Labute approximate surface area is 186 Å². The van der Waals surface area contributed by atoms with E-state index in [1.54, 1.807) is 36.4 Å². The number of carbonyl (C=O) groups excluding carboxylic acids is 1. The molecule has 0 aliphatic heterocycles. The number of hydrazine groups is 1. The molecule has 0 aliphatic rings. The first-order chi connectivity index (χ1) is 15.2. The smallest absolute Gasteiger partial charge is 0.276 e. The molecule has 0 spiro atoms. The van der Waals surface area contributed by atoms with E-state index < -0.39 is 21.5 Å². The number of ether oxygens (including phenoxy) is 2. The molecule has 1 amide bonds. The van der Waals surface area contributed by atoms with Gasteiger partial charge in [0.2, 0.25) is 0 Å². The van der Waals surface area contributed by atoms with Gasteiger partial charge in [0.25, 0.3) is 15.9 Å². The van der Waals surface area contributed by atoms with Gasteiger partial charge in [-0.25, -0.2) is 8.42 Å². The lowest BCUT2D eigenvalue weighted by molar-refractivity contribution is -0.137. The second kappa shape index (κ2) is 9.39. The molecule has 0 fully saturated rings. The number of sulfonamides is 1. The molecule has 9 heteroatoms. The van der Waals surface area contributed by atoms with Crippen molar-refractivity contribution in [2.75, 3.05) is 14.2 Å². The minimum absolute atomic E-state index is 0.0270. The van der Waals surface area contributed by atoms with Gasteiger partial charge in [-0.2, -0.15) is 0 Å². The number of methoxy groups -OCH3 is 2. The fourth-order valence-corrected chi connectivity index (χ4v) is 3.91. The number of benzene rings is 3. The molecule has 0 aromatic heterocycles. The van der Waals surface area contributed by atoms with Crippen LogP contribution in [0.15, 0.2) is 77.7 Å². The van der Waals surface area contributed by atoms with E-state index in [1.807, 2.05) is 11.8 Å². The molecule has 0 radical (unpaired) electrons. The van der Waals surface area contributed by atoms with E-state index in [2.05, 4.69) is 5.43 Å². The normalized spacial score (nSPS) is 11.6. The summed E-state index contributed by atoms with van der Waals surface area (Å²) >= 11 is 0. The van der Waals surface area contributed by atoms with Crippen LogP contribution in [0.3, 0.4) is 0 Å². The Hall–Kier alpha value is -3.40. The molecule has 168 valence electrons. The van der Waals surface area contributed by atoms with Crippen LogP contribution in [-0.4, -0.2) is 33.7 Å². The van der Waals surface area contributed by atoms with Gasteiger partial charge < -0.3 is 14.6 Å². The standard InChI is InChI=1S/C23H24N2O6S/c1-16-4-14-21(15-5-16)32(28,29)25-24-22(26)23(27,17-6-10-19(30-2)11-7-17)18-8-12-20(31-3)13-9-18/h4-15,25,27H,1-3H3,(H,24,26). The Morgan fingerprint density at radius 3 is 1.66 bits per heavy atom. The van der Waals surface area contributed by atoms with Crippen LogP contribution in [0.25, 0.3) is 0 Å². The quantitative estimate of drug-likeness (QED) is 0.448. The van der Waals surface area contributed by atoms with Gasteiger partial charge >= 0.3 is 0 Å². The topological polar surface area (TPSA) is 114 Å². The van der Waals surface area contributed by atoms with Gasteiger partial charge in [-0.1, -0.05) is 42.0 Å². The predicted molar refractivity (Wildman–Crippen MR) is 119 cm³/mol. The third-order valence-electron chi connectivity index (χ3n) is 4.97. The van der Waals surface area contributed by atoms with Gasteiger partial charge in [0.05, 0.1) is 19.1 Å². The minimum Gasteiger partial charge on any atom is -0.497 e. The molecule has 0 unspecified atom stereocenters. The Balaban J connectivity index is 1.94. The van der Waals surface area contributed by atoms with Gasteiger partial charge in [0, 0.05) is 0 Å². The fourth-order valence-electron chi connectivity index (χ4n) is 3.07. The van der Waals surface area contributed by atoms with Gasteiger partial charge in [-0.3, -0.25) is 10.2 Å². The summed E-state index contributed by atoms with van der Waals surface area (Å²) in [7, 11) is -1.06. The maximum Gasteiger partial charge on any atom is 0.276 e. The van der Waals surface area contributed by atoms with E-state index in [0.29, 0.717) is 11.5 Å². The van der Waals surface area contributed by atoms with Crippen LogP contribution in [-0.2, 0) is 20.4 Å². The highest BCUT2D eigenvalue weighted by atomic mass is 32.2. The van der Waals surface area contributed by atoms with Crippen molar-refractivity contribution in [3.8, 4) is 11.5 Å². The van der Waals surface area contributed by atoms with E-state index >= 15 is 0 Å². The predicted octanol–water partition coefficient (Wildman–Crippen LogP) is 2.26. The highest BCUT2D eigenvalue weighted by molar-refractivity contribution is 7.89. The fraction of sp³-hybridized carbons (Fsp3) is 0.174. The molecule has 0 aliphatic carbocycles. The van der Waals surface area contributed by atoms with Crippen molar-refractivity contribution < 1.29 is 27.8 Å². The van der Waals surface area contributed by atoms with Crippen molar-refractivity contribution in [2.45, 2.75) is 17.4 Å². The molecule has 32 heavy (non-hydrogen) atoms. The molecule has 8 nitrogen and oxygen atoms in total. The van der Waals surface area contributed by atoms with Crippen molar-refractivity contribution >= 4 is 15.9 Å². The van der Waals surface area contributed by atoms with Crippen molar-refractivity contribution in [2.24, 2.45) is 0 Å². The number of rotatable bonds is 8. The summed E-state index contributed by atoms with van der Waals surface area (Å²) in [6.45, 7) is 1.83. The molecule has 3 aromatic rings. The van der Waals surface area contributed by atoms with E-state index in [1.165, 1.54) is 50.6 Å². The van der Waals surface area contributed by atoms with E-state index in [9.17, 15) is 18.3 Å². The first-order valence-corrected chi connectivity index (χ1v) is 11.1. The summed E-state index contributed by atoms with van der Waals surface area (Å²) in [6.07, 6.45) is 0. The molecule has 0 saturated carbocycles. The number of aryl methyl sites for hydroxylation is 1. The zero-order chi connectivity index (χ0) is 23.4. The maximum absolute atomic E-state index is 13.2. The molecule has 0 heterocycles. The first-order valence-electron chi connectivity index (χ1n) is 9.61. The number of aliphatic hydroxyl groups is 1. The third kappa shape index (κ3) is 4.75. The summed E-state index contributed by atoms with van der Waals surface area (Å²) in [6, 6.07) is 18.6. The molecule has 3 aromatic carbocycles. The van der Waals surface area contributed by atoms with Crippen LogP contribution in [0.4, 0.5) is 0 Å². The second-order valence-electron chi connectivity index (χ2n) is 7.04. The SMILES string of the molecule is COc1ccc(C(O)(C(=O)NNS(=O)(=O)c2ccc(C)cc2)c2ccc(OC)cc2)cc1. The third-order valence-corrected chi connectivity index (χ3v) is 6.24. The zero-order valence-electron chi connectivity index (χ0n) is 17.8. The van der Waals surface area contributed by atoms with Crippen LogP contribution in [0, 0.1) is 6.92 Å². The van der Waals surface area contributed by atoms with Crippen LogP contribution in [0.2, 0.25) is 0 Å². The largest absolute Gasteiger partial charge is 0.497 e. The summed E-state index contributed by atoms with van der Waals surface area (Å²) in [5.41, 5.74) is 1.27. The van der Waals surface area contributed by atoms with Gasteiger partial charge in [0.1, 0.15) is 11.5 Å². The lowest BCUT2D eigenvalue weighted by atomic mass is 9.85. The highest BCUT2D eigenvalue weighted by Crippen LogP contribution is 2.32. The molecular weight excluding hydrogens is 432 g/mol. The number of hydrogen-bond acceptors (Lipinski definition) is 6.